The van der Waals surface area contributed by atoms with Gasteiger partial charge in [0, 0.05) is 30.0 Å². The van der Waals surface area contributed by atoms with E-state index in [-0.39, 0.29) is 12.0 Å². The summed E-state index contributed by atoms with van der Waals surface area (Å²) in [5, 5.41) is 14.0. The van der Waals surface area contributed by atoms with Crippen LogP contribution in [0.3, 0.4) is 0 Å². The second-order valence-electron chi connectivity index (χ2n) is 6.16. The third-order valence-electron chi connectivity index (χ3n) is 4.41. The molecule has 2 aromatic heterocycles. The molecule has 4 rings (SSSR count). The zero-order chi connectivity index (χ0) is 18.1. The van der Waals surface area contributed by atoms with Crippen molar-refractivity contribution in [3.05, 3.63) is 45.7 Å². The van der Waals surface area contributed by atoms with Gasteiger partial charge >= 0.3 is 0 Å². The van der Waals surface area contributed by atoms with Crippen LogP contribution >= 0.6 is 22.9 Å². The molecule has 7 nitrogen and oxygen atoms in total. The van der Waals surface area contributed by atoms with Gasteiger partial charge in [-0.05, 0) is 13.0 Å². The molecule has 3 heterocycles. The van der Waals surface area contributed by atoms with Gasteiger partial charge in [0.05, 0.1) is 13.2 Å². The van der Waals surface area contributed by atoms with Crippen molar-refractivity contribution in [2.24, 2.45) is 0 Å². The molecule has 0 spiro atoms. The molecule has 0 bridgehead atoms. The van der Waals surface area contributed by atoms with Crippen molar-refractivity contribution in [3.63, 3.8) is 0 Å². The van der Waals surface area contributed by atoms with Crippen LogP contribution in [-0.4, -0.2) is 50.3 Å². The molecule has 0 N–H and O–H groups in total. The van der Waals surface area contributed by atoms with E-state index in [0.29, 0.717) is 37.6 Å². The summed E-state index contributed by atoms with van der Waals surface area (Å²) < 4.78 is 7.54. The first-order chi connectivity index (χ1) is 12.6. The number of carbonyl (C=O) groups is 1. The molecule has 26 heavy (non-hydrogen) atoms. The number of carbonyl (C=O) groups excluding carboxylic acids is 1. The fourth-order valence-electron chi connectivity index (χ4n) is 3.03. The first-order valence-electron chi connectivity index (χ1n) is 8.43. The molecule has 1 atom stereocenters. The first kappa shape index (κ1) is 17.4. The summed E-state index contributed by atoms with van der Waals surface area (Å²) in [6.45, 7) is 3.49. The Morgan fingerprint density at radius 1 is 1.38 bits per heavy atom. The summed E-state index contributed by atoms with van der Waals surface area (Å²) in [7, 11) is 0. The Morgan fingerprint density at radius 2 is 2.23 bits per heavy atom. The van der Waals surface area contributed by atoms with Crippen LogP contribution in [0.1, 0.15) is 28.9 Å². The van der Waals surface area contributed by atoms with Crippen LogP contribution in [0.5, 0.6) is 0 Å². The van der Waals surface area contributed by atoms with Gasteiger partial charge in [0.1, 0.15) is 11.1 Å². The molecule has 1 amide bonds. The number of aromatic nitrogens is 4. The fourth-order valence-corrected chi connectivity index (χ4v) is 4.16. The second kappa shape index (κ2) is 7.30. The van der Waals surface area contributed by atoms with E-state index in [1.807, 2.05) is 36.1 Å². The topological polar surface area (TPSA) is 72.6 Å². The lowest BCUT2D eigenvalue weighted by molar-refractivity contribution is -0.139. The van der Waals surface area contributed by atoms with E-state index in [1.165, 1.54) is 11.3 Å². The Bertz CT molecular complexity index is 940. The number of rotatable bonds is 4. The standard InChI is InChI=1S/C17H18ClN5O2S/c1-11-19-20-17-23(11)21-15(26-17)6-7-16(24)22-8-9-25-14(10-22)12-4-2-3-5-13(12)18/h2-5,14H,6-10H2,1H3. The van der Waals surface area contributed by atoms with Gasteiger partial charge in [0.2, 0.25) is 10.9 Å². The van der Waals surface area contributed by atoms with Crippen LogP contribution in [0, 0.1) is 6.92 Å². The summed E-state index contributed by atoms with van der Waals surface area (Å²) in [6.07, 6.45) is 0.831. The van der Waals surface area contributed by atoms with Gasteiger partial charge in [-0.25, -0.2) is 0 Å². The van der Waals surface area contributed by atoms with Crippen LogP contribution in [-0.2, 0) is 16.0 Å². The van der Waals surface area contributed by atoms with E-state index in [9.17, 15) is 4.79 Å². The number of nitrogens with zero attached hydrogens (tertiary/aromatic N) is 5. The molecule has 1 fully saturated rings. The average molecular weight is 392 g/mol. The number of aryl methyl sites for hydroxylation is 2. The Labute approximate surface area is 159 Å². The predicted octanol–water partition coefficient (Wildman–Crippen LogP) is 2.68. The molecule has 1 saturated heterocycles. The smallest absolute Gasteiger partial charge is 0.234 e. The van der Waals surface area contributed by atoms with E-state index < -0.39 is 0 Å². The molecule has 0 radical (unpaired) electrons. The average Bonchev–Trinajstić information content (AvgIpc) is 3.22. The summed E-state index contributed by atoms with van der Waals surface area (Å²) in [5.74, 6) is 0.859. The zero-order valence-electron chi connectivity index (χ0n) is 14.3. The maximum absolute atomic E-state index is 12.6. The van der Waals surface area contributed by atoms with E-state index >= 15 is 0 Å². The van der Waals surface area contributed by atoms with Crippen molar-refractivity contribution < 1.29 is 9.53 Å². The molecule has 9 heteroatoms. The van der Waals surface area contributed by atoms with Crippen molar-refractivity contribution in [1.29, 1.82) is 0 Å². The largest absolute Gasteiger partial charge is 0.370 e. The molecule has 1 aliphatic heterocycles. The minimum Gasteiger partial charge on any atom is -0.370 e. The fraction of sp³-hybridized carbons (Fsp3) is 0.412. The highest BCUT2D eigenvalue weighted by atomic mass is 35.5. The normalized spacial score (nSPS) is 17.8. The highest BCUT2D eigenvalue weighted by Gasteiger charge is 2.26. The molecule has 1 aromatic carbocycles. The first-order valence-corrected chi connectivity index (χ1v) is 9.63. The molecular formula is C17H18ClN5O2S. The van der Waals surface area contributed by atoms with E-state index in [0.717, 1.165) is 21.4 Å². The van der Waals surface area contributed by atoms with Gasteiger partial charge in [-0.2, -0.15) is 9.61 Å². The number of fused-ring (bicyclic) bond motifs is 1. The number of ether oxygens (including phenoxy) is 1. The van der Waals surface area contributed by atoms with Gasteiger partial charge in [-0.3, -0.25) is 4.79 Å². The molecular weight excluding hydrogens is 374 g/mol. The quantitative estimate of drug-likeness (QED) is 0.683. The van der Waals surface area contributed by atoms with Gasteiger partial charge in [-0.1, -0.05) is 41.1 Å². The molecule has 136 valence electrons. The van der Waals surface area contributed by atoms with Crippen molar-refractivity contribution in [3.8, 4) is 0 Å². The molecule has 0 aliphatic carbocycles. The number of halogens is 1. The maximum Gasteiger partial charge on any atom is 0.234 e. The van der Waals surface area contributed by atoms with Crippen LogP contribution < -0.4 is 0 Å². The van der Waals surface area contributed by atoms with Crippen LogP contribution in [0.4, 0.5) is 0 Å². The Morgan fingerprint density at radius 3 is 3.04 bits per heavy atom. The third kappa shape index (κ3) is 3.44. The molecule has 3 aromatic rings. The van der Waals surface area contributed by atoms with Crippen molar-refractivity contribution in [1.82, 2.24) is 24.7 Å². The highest BCUT2D eigenvalue weighted by Crippen LogP contribution is 2.28. The lowest BCUT2D eigenvalue weighted by Crippen LogP contribution is -2.42. The summed E-state index contributed by atoms with van der Waals surface area (Å²) in [6, 6.07) is 7.61. The summed E-state index contributed by atoms with van der Waals surface area (Å²) in [5.41, 5.74) is 0.927. The predicted molar refractivity (Wildman–Crippen MR) is 98.4 cm³/mol. The summed E-state index contributed by atoms with van der Waals surface area (Å²) >= 11 is 7.73. The Balaban J connectivity index is 1.38. The zero-order valence-corrected chi connectivity index (χ0v) is 15.8. The number of morpholine rings is 1. The van der Waals surface area contributed by atoms with Gasteiger partial charge < -0.3 is 9.64 Å². The maximum atomic E-state index is 12.6. The molecule has 0 saturated carbocycles. The lowest BCUT2D eigenvalue weighted by Gasteiger charge is -2.33. The lowest BCUT2D eigenvalue weighted by atomic mass is 10.1. The van der Waals surface area contributed by atoms with Crippen molar-refractivity contribution in [2.75, 3.05) is 19.7 Å². The van der Waals surface area contributed by atoms with E-state index in [2.05, 4.69) is 15.3 Å². The van der Waals surface area contributed by atoms with Gasteiger partial charge in [0.25, 0.3) is 0 Å². The van der Waals surface area contributed by atoms with Crippen molar-refractivity contribution in [2.45, 2.75) is 25.9 Å². The molecule has 1 unspecified atom stereocenters. The minimum atomic E-state index is -0.182. The second-order valence-corrected chi connectivity index (χ2v) is 7.61. The van der Waals surface area contributed by atoms with Crippen LogP contribution in [0.15, 0.2) is 24.3 Å². The van der Waals surface area contributed by atoms with E-state index in [1.54, 1.807) is 4.52 Å². The van der Waals surface area contributed by atoms with Gasteiger partial charge in [-0.15, -0.1) is 10.2 Å². The van der Waals surface area contributed by atoms with E-state index in [4.69, 9.17) is 16.3 Å². The van der Waals surface area contributed by atoms with Crippen LogP contribution in [0.25, 0.3) is 4.96 Å². The van der Waals surface area contributed by atoms with Crippen LogP contribution in [0.2, 0.25) is 5.02 Å². The highest BCUT2D eigenvalue weighted by molar-refractivity contribution is 7.16. The monoisotopic (exact) mass is 391 g/mol. The Hall–Kier alpha value is -2.03. The Kier molecular flexibility index (Phi) is 4.88. The van der Waals surface area contributed by atoms with Crippen molar-refractivity contribution >= 4 is 33.8 Å². The third-order valence-corrected chi connectivity index (χ3v) is 5.72. The number of benzene rings is 1. The SMILES string of the molecule is Cc1nnc2sc(CCC(=O)N3CCOC(c4ccccc4Cl)C3)nn12. The number of amides is 1. The number of hydrogen-bond donors (Lipinski definition) is 0. The summed E-state index contributed by atoms with van der Waals surface area (Å²) in [4.78, 5) is 15.2. The molecule has 1 aliphatic rings. The minimum absolute atomic E-state index is 0.105. The number of hydrogen-bond acceptors (Lipinski definition) is 6. The van der Waals surface area contributed by atoms with Gasteiger partial charge in [0.15, 0.2) is 5.82 Å².